The van der Waals surface area contributed by atoms with Crippen molar-refractivity contribution in [2.45, 2.75) is 70.4 Å². The Morgan fingerprint density at radius 1 is 1.05 bits per heavy atom. The molecule has 1 saturated heterocycles. The second-order valence-corrected chi connectivity index (χ2v) is 11.5. The lowest BCUT2D eigenvalue weighted by Crippen LogP contribution is -2.45. The van der Waals surface area contributed by atoms with Crippen LogP contribution in [0.2, 0.25) is 0 Å². The fourth-order valence-corrected chi connectivity index (χ4v) is 5.73. The van der Waals surface area contributed by atoms with Crippen molar-refractivity contribution in [1.82, 2.24) is 15.1 Å². The summed E-state index contributed by atoms with van der Waals surface area (Å²) < 4.78 is 16.4. The van der Waals surface area contributed by atoms with Crippen LogP contribution in [0.4, 0.5) is 0 Å². The Bertz CT molecular complexity index is 933. The summed E-state index contributed by atoms with van der Waals surface area (Å²) in [4.78, 5) is 30.4. The minimum Gasteiger partial charge on any atom is -0.493 e. The summed E-state index contributed by atoms with van der Waals surface area (Å²) in [7, 11) is 5.08. The molecule has 220 valence electrons. The molecular formula is C30H49N3O6. The van der Waals surface area contributed by atoms with Crippen LogP contribution in [-0.2, 0) is 9.53 Å². The summed E-state index contributed by atoms with van der Waals surface area (Å²) in [5.41, 5.74) is -0.301. The number of nitrogens with one attached hydrogen (secondary N) is 1. The van der Waals surface area contributed by atoms with Crippen LogP contribution in [0.15, 0.2) is 18.2 Å². The van der Waals surface area contributed by atoms with Crippen molar-refractivity contribution < 1.29 is 28.9 Å². The molecule has 2 N–H and O–H groups in total. The van der Waals surface area contributed by atoms with Crippen molar-refractivity contribution in [1.29, 1.82) is 0 Å². The monoisotopic (exact) mass is 547 g/mol. The standard InChI is InChI=1S/C30H49N3O6/c1-22(2)33(29(35)23-10-11-26(38-5)27(16-23)39-15-9-14-37-4)21-25-19-31-18-24(25)20-32(3)28(34)17-30(36)12-7-6-8-13-30/h10-11,16,22,24-25,31,36H,6-9,12-15,17-21H2,1-5H3/t24-,25-/m0/s1. The van der Waals surface area contributed by atoms with E-state index in [1.54, 1.807) is 37.3 Å². The van der Waals surface area contributed by atoms with E-state index in [2.05, 4.69) is 5.32 Å². The molecule has 0 spiro atoms. The van der Waals surface area contributed by atoms with Gasteiger partial charge >= 0.3 is 0 Å². The average Bonchev–Trinajstić information content (AvgIpc) is 3.35. The molecule has 2 amide bonds. The molecule has 2 atom stereocenters. The number of ether oxygens (including phenoxy) is 3. The third-order valence-corrected chi connectivity index (χ3v) is 8.15. The highest BCUT2D eigenvalue weighted by atomic mass is 16.5. The Morgan fingerprint density at radius 3 is 2.38 bits per heavy atom. The number of methoxy groups -OCH3 is 2. The molecule has 1 aromatic rings. The molecule has 9 heteroatoms. The van der Waals surface area contributed by atoms with Crippen LogP contribution >= 0.6 is 0 Å². The molecule has 3 rings (SSSR count). The van der Waals surface area contributed by atoms with Gasteiger partial charge in [0.05, 0.1) is 25.7 Å². The first-order valence-corrected chi connectivity index (χ1v) is 14.4. The van der Waals surface area contributed by atoms with Gasteiger partial charge in [-0.2, -0.15) is 0 Å². The van der Waals surface area contributed by atoms with Gasteiger partial charge in [0, 0.05) is 65.0 Å². The topological polar surface area (TPSA) is 101 Å². The van der Waals surface area contributed by atoms with Crippen molar-refractivity contribution in [3.05, 3.63) is 23.8 Å². The second-order valence-electron chi connectivity index (χ2n) is 11.5. The van der Waals surface area contributed by atoms with Crippen LogP contribution in [0.1, 0.15) is 69.2 Å². The molecule has 0 bridgehead atoms. The first-order chi connectivity index (χ1) is 18.7. The Hall–Kier alpha value is -2.36. The highest BCUT2D eigenvalue weighted by Gasteiger charge is 2.36. The van der Waals surface area contributed by atoms with Gasteiger partial charge in [0.2, 0.25) is 5.91 Å². The highest BCUT2D eigenvalue weighted by molar-refractivity contribution is 5.95. The summed E-state index contributed by atoms with van der Waals surface area (Å²) in [6, 6.07) is 5.33. The number of aliphatic hydroxyl groups is 1. The van der Waals surface area contributed by atoms with E-state index in [4.69, 9.17) is 14.2 Å². The van der Waals surface area contributed by atoms with Gasteiger partial charge in [-0.15, -0.1) is 0 Å². The van der Waals surface area contributed by atoms with Crippen molar-refractivity contribution in [2.75, 3.05) is 60.7 Å². The predicted octanol–water partition coefficient (Wildman–Crippen LogP) is 3.34. The second kappa shape index (κ2) is 14.9. The number of hydrogen-bond donors (Lipinski definition) is 2. The van der Waals surface area contributed by atoms with E-state index in [-0.39, 0.29) is 36.1 Å². The van der Waals surface area contributed by atoms with E-state index in [9.17, 15) is 14.7 Å². The quantitative estimate of drug-likeness (QED) is 0.345. The molecule has 0 unspecified atom stereocenters. The summed E-state index contributed by atoms with van der Waals surface area (Å²) in [5.74, 6) is 1.52. The number of rotatable bonds is 14. The SMILES string of the molecule is COCCCOc1cc(C(=O)N(C[C@@H]2CNC[C@H]2CN(C)C(=O)CC2(O)CCCCC2)C(C)C)ccc1OC. The van der Waals surface area contributed by atoms with E-state index >= 15 is 0 Å². The third-order valence-electron chi connectivity index (χ3n) is 8.15. The number of amides is 2. The molecule has 0 radical (unpaired) electrons. The molecule has 1 heterocycles. The van der Waals surface area contributed by atoms with Crippen molar-refractivity contribution in [3.8, 4) is 11.5 Å². The number of carbonyl (C=O) groups excluding carboxylic acids is 2. The molecule has 2 aliphatic rings. The van der Waals surface area contributed by atoms with Gasteiger partial charge in [0.1, 0.15) is 0 Å². The lowest BCUT2D eigenvalue weighted by atomic mass is 9.82. The number of hydrogen-bond acceptors (Lipinski definition) is 7. The molecule has 9 nitrogen and oxygen atoms in total. The van der Waals surface area contributed by atoms with E-state index in [1.165, 1.54) is 0 Å². The third kappa shape index (κ3) is 8.82. The minimum absolute atomic E-state index is 0.00176. The van der Waals surface area contributed by atoms with Gasteiger partial charge in [-0.1, -0.05) is 19.3 Å². The summed E-state index contributed by atoms with van der Waals surface area (Å²) in [5, 5.41) is 14.3. The van der Waals surface area contributed by atoms with Gasteiger partial charge in [-0.25, -0.2) is 0 Å². The first-order valence-electron chi connectivity index (χ1n) is 14.4. The molecule has 2 fully saturated rings. The van der Waals surface area contributed by atoms with E-state index in [0.717, 1.165) is 38.8 Å². The zero-order valence-corrected chi connectivity index (χ0v) is 24.5. The van der Waals surface area contributed by atoms with E-state index < -0.39 is 5.60 Å². The normalized spacial score (nSPS) is 20.6. The molecule has 39 heavy (non-hydrogen) atoms. The maximum absolute atomic E-state index is 13.7. The lowest BCUT2D eigenvalue weighted by Gasteiger charge is -2.35. The van der Waals surface area contributed by atoms with Gasteiger partial charge in [0.15, 0.2) is 11.5 Å². The highest BCUT2D eigenvalue weighted by Crippen LogP contribution is 2.32. The van der Waals surface area contributed by atoms with Gasteiger partial charge in [-0.3, -0.25) is 9.59 Å². The Labute approximate surface area is 234 Å². The smallest absolute Gasteiger partial charge is 0.254 e. The van der Waals surface area contributed by atoms with Crippen LogP contribution in [0.3, 0.4) is 0 Å². The molecular weight excluding hydrogens is 498 g/mol. The number of nitrogens with zero attached hydrogens (tertiary/aromatic N) is 2. The van der Waals surface area contributed by atoms with Gasteiger partial charge in [-0.05, 0) is 56.7 Å². The van der Waals surface area contributed by atoms with Gasteiger partial charge in [0.25, 0.3) is 5.91 Å². The van der Waals surface area contributed by atoms with Crippen molar-refractivity contribution in [2.24, 2.45) is 11.8 Å². The van der Waals surface area contributed by atoms with Gasteiger partial charge < -0.3 is 34.4 Å². The molecule has 0 aromatic heterocycles. The maximum atomic E-state index is 13.7. The Morgan fingerprint density at radius 2 is 1.74 bits per heavy atom. The zero-order chi connectivity index (χ0) is 28.4. The minimum atomic E-state index is -0.859. The Kier molecular flexibility index (Phi) is 11.9. The van der Waals surface area contributed by atoms with Crippen molar-refractivity contribution >= 4 is 11.8 Å². The fourth-order valence-electron chi connectivity index (χ4n) is 5.73. The van der Waals surface area contributed by atoms with Crippen LogP contribution in [0.25, 0.3) is 0 Å². The van der Waals surface area contributed by atoms with Crippen LogP contribution in [0.5, 0.6) is 11.5 Å². The zero-order valence-electron chi connectivity index (χ0n) is 24.5. The molecule has 1 saturated carbocycles. The molecule has 1 aromatic carbocycles. The Balaban J connectivity index is 1.64. The number of carbonyl (C=O) groups is 2. The summed E-state index contributed by atoms with van der Waals surface area (Å²) >= 11 is 0. The first kappa shape index (κ1) is 31.2. The number of benzene rings is 1. The molecule has 1 aliphatic carbocycles. The van der Waals surface area contributed by atoms with E-state index in [1.807, 2.05) is 25.8 Å². The fraction of sp³-hybridized carbons (Fsp3) is 0.733. The predicted molar refractivity (Wildman–Crippen MR) is 151 cm³/mol. The van der Waals surface area contributed by atoms with E-state index in [0.29, 0.717) is 56.2 Å². The average molecular weight is 548 g/mol. The largest absolute Gasteiger partial charge is 0.493 e. The van der Waals surface area contributed by atoms with Crippen molar-refractivity contribution in [3.63, 3.8) is 0 Å². The van der Waals surface area contributed by atoms with Crippen LogP contribution < -0.4 is 14.8 Å². The van der Waals surface area contributed by atoms with Crippen LogP contribution in [0, 0.1) is 11.8 Å². The summed E-state index contributed by atoms with van der Waals surface area (Å²) in [6.07, 6.45) is 5.44. The maximum Gasteiger partial charge on any atom is 0.254 e. The lowest BCUT2D eigenvalue weighted by molar-refractivity contribution is -0.137. The summed E-state index contributed by atoms with van der Waals surface area (Å²) in [6.45, 7) is 7.92. The molecule has 1 aliphatic heterocycles. The van der Waals surface area contributed by atoms with Crippen LogP contribution in [-0.4, -0.2) is 99.0 Å².